The Kier molecular flexibility index (Phi) is 3.64. The van der Waals surface area contributed by atoms with Gasteiger partial charge in [-0.1, -0.05) is 5.16 Å². The molecule has 0 radical (unpaired) electrons. The zero-order chi connectivity index (χ0) is 13.9. The largest absolute Gasteiger partial charge is 0.360 e. The van der Waals surface area contributed by atoms with Gasteiger partial charge in [0.2, 0.25) is 0 Å². The van der Waals surface area contributed by atoms with Gasteiger partial charge in [-0.3, -0.25) is 9.69 Å². The van der Waals surface area contributed by atoms with Gasteiger partial charge in [0.05, 0.1) is 18.8 Å². The SMILES string of the molecule is Cc1cc(CN2CCCC2Cn2ncccc2=O)on1. The molecule has 0 amide bonds. The van der Waals surface area contributed by atoms with E-state index in [1.165, 1.54) is 4.68 Å². The summed E-state index contributed by atoms with van der Waals surface area (Å²) < 4.78 is 6.81. The smallest absolute Gasteiger partial charge is 0.266 e. The van der Waals surface area contributed by atoms with Crippen LogP contribution < -0.4 is 5.56 Å². The lowest BCUT2D eigenvalue weighted by molar-refractivity contribution is 0.193. The van der Waals surface area contributed by atoms with Crippen LogP contribution >= 0.6 is 0 Å². The minimum Gasteiger partial charge on any atom is -0.360 e. The first kappa shape index (κ1) is 13.1. The lowest BCUT2D eigenvalue weighted by atomic mass is 10.2. The maximum absolute atomic E-state index is 11.7. The molecule has 20 heavy (non-hydrogen) atoms. The van der Waals surface area contributed by atoms with E-state index in [1.54, 1.807) is 18.3 Å². The van der Waals surface area contributed by atoms with Crippen molar-refractivity contribution in [3.63, 3.8) is 0 Å². The molecule has 1 atom stereocenters. The second kappa shape index (κ2) is 5.58. The highest BCUT2D eigenvalue weighted by molar-refractivity contribution is 5.03. The molecule has 1 fully saturated rings. The predicted octanol–water partition coefficient (Wildman–Crippen LogP) is 1.20. The van der Waals surface area contributed by atoms with Gasteiger partial charge in [-0.05, 0) is 32.4 Å². The van der Waals surface area contributed by atoms with Gasteiger partial charge >= 0.3 is 0 Å². The molecule has 3 heterocycles. The van der Waals surface area contributed by atoms with Gasteiger partial charge in [-0.25, -0.2) is 4.68 Å². The Morgan fingerprint density at radius 3 is 3.15 bits per heavy atom. The van der Waals surface area contributed by atoms with Crippen LogP contribution in [0, 0.1) is 6.92 Å². The van der Waals surface area contributed by atoms with E-state index in [0.29, 0.717) is 12.6 Å². The van der Waals surface area contributed by atoms with Crippen LogP contribution in [0.4, 0.5) is 0 Å². The predicted molar refractivity (Wildman–Crippen MR) is 73.2 cm³/mol. The van der Waals surface area contributed by atoms with Gasteiger partial charge in [-0.15, -0.1) is 0 Å². The molecule has 2 aromatic heterocycles. The lowest BCUT2D eigenvalue weighted by Crippen LogP contribution is -2.36. The average Bonchev–Trinajstić information content (AvgIpc) is 3.03. The summed E-state index contributed by atoms with van der Waals surface area (Å²) >= 11 is 0. The molecular weight excluding hydrogens is 256 g/mol. The number of likely N-dealkylation sites (tertiary alicyclic amines) is 1. The van der Waals surface area contributed by atoms with Crippen molar-refractivity contribution >= 4 is 0 Å². The topological polar surface area (TPSA) is 64.2 Å². The van der Waals surface area contributed by atoms with E-state index in [1.807, 2.05) is 13.0 Å². The molecule has 6 heteroatoms. The molecule has 0 aromatic carbocycles. The van der Waals surface area contributed by atoms with Crippen molar-refractivity contribution in [3.8, 4) is 0 Å². The first-order valence-electron chi connectivity index (χ1n) is 6.91. The van der Waals surface area contributed by atoms with Crippen molar-refractivity contribution in [2.75, 3.05) is 6.54 Å². The molecule has 106 valence electrons. The summed E-state index contributed by atoms with van der Waals surface area (Å²) in [6.45, 7) is 4.31. The minimum absolute atomic E-state index is 0.0464. The fraction of sp³-hybridized carbons (Fsp3) is 0.500. The van der Waals surface area contributed by atoms with Crippen LogP contribution in [-0.2, 0) is 13.1 Å². The molecule has 3 rings (SSSR count). The third-order valence-corrected chi connectivity index (χ3v) is 3.70. The van der Waals surface area contributed by atoms with Gasteiger partial charge in [0.15, 0.2) is 5.76 Å². The van der Waals surface area contributed by atoms with Crippen molar-refractivity contribution in [2.24, 2.45) is 0 Å². The van der Waals surface area contributed by atoms with Gasteiger partial charge < -0.3 is 4.52 Å². The van der Waals surface area contributed by atoms with Gasteiger partial charge in [0, 0.05) is 24.4 Å². The molecule has 1 aliphatic heterocycles. The van der Waals surface area contributed by atoms with Gasteiger partial charge in [-0.2, -0.15) is 5.10 Å². The Balaban J connectivity index is 1.69. The van der Waals surface area contributed by atoms with Crippen molar-refractivity contribution in [1.82, 2.24) is 19.8 Å². The van der Waals surface area contributed by atoms with Crippen LogP contribution in [0.5, 0.6) is 0 Å². The first-order chi connectivity index (χ1) is 9.72. The van der Waals surface area contributed by atoms with Crippen molar-refractivity contribution in [2.45, 2.75) is 38.9 Å². The Bertz CT molecular complexity index is 634. The number of rotatable bonds is 4. The number of hydrogen-bond acceptors (Lipinski definition) is 5. The Labute approximate surface area is 117 Å². The molecule has 0 aliphatic carbocycles. The van der Waals surface area contributed by atoms with Crippen LogP contribution in [0.15, 0.2) is 33.7 Å². The summed E-state index contributed by atoms with van der Waals surface area (Å²) in [7, 11) is 0. The highest BCUT2D eigenvalue weighted by atomic mass is 16.5. The van der Waals surface area contributed by atoms with Crippen molar-refractivity contribution in [1.29, 1.82) is 0 Å². The molecule has 0 saturated carbocycles. The Morgan fingerprint density at radius 1 is 1.50 bits per heavy atom. The Morgan fingerprint density at radius 2 is 2.40 bits per heavy atom. The third kappa shape index (κ3) is 2.80. The van der Waals surface area contributed by atoms with E-state index >= 15 is 0 Å². The molecule has 1 saturated heterocycles. The van der Waals surface area contributed by atoms with E-state index in [2.05, 4.69) is 15.2 Å². The quantitative estimate of drug-likeness (QED) is 0.838. The lowest BCUT2D eigenvalue weighted by Gasteiger charge is -2.23. The van der Waals surface area contributed by atoms with E-state index in [9.17, 15) is 4.79 Å². The van der Waals surface area contributed by atoms with Crippen LogP contribution in [0.25, 0.3) is 0 Å². The number of aromatic nitrogens is 3. The summed E-state index contributed by atoms with van der Waals surface area (Å²) in [5.41, 5.74) is 0.853. The fourth-order valence-corrected chi connectivity index (χ4v) is 2.73. The number of nitrogens with zero attached hydrogens (tertiary/aromatic N) is 4. The molecule has 0 spiro atoms. The molecular formula is C14H18N4O2. The summed E-state index contributed by atoms with van der Waals surface area (Å²) in [4.78, 5) is 14.1. The molecule has 6 nitrogen and oxygen atoms in total. The number of hydrogen-bond donors (Lipinski definition) is 0. The monoisotopic (exact) mass is 274 g/mol. The van der Waals surface area contributed by atoms with Crippen LogP contribution in [0.1, 0.15) is 24.3 Å². The zero-order valence-electron chi connectivity index (χ0n) is 11.5. The summed E-state index contributed by atoms with van der Waals surface area (Å²) in [5.74, 6) is 0.878. The maximum Gasteiger partial charge on any atom is 0.266 e. The van der Waals surface area contributed by atoms with Crippen LogP contribution in [0.2, 0.25) is 0 Å². The molecule has 0 bridgehead atoms. The normalized spacial score (nSPS) is 19.6. The van der Waals surface area contributed by atoms with E-state index < -0.39 is 0 Å². The van der Waals surface area contributed by atoms with Crippen LogP contribution in [0.3, 0.4) is 0 Å². The van der Waals surface area contributed by atoms with Crippen LogP contribution in [-0.4, -0.2) is 32.4 Å². The van der Waals surface area contributed by atoms with Crippen molar-refractivity contribution in [3.05, 3.63) is 46.2 Å². The van der Waals surface area contributed by atoms with Gasteiger partial charge in [0.1, 0.15) is 0 Å². The van der Waals surface area contributed by atoms with Gasteiger partial charge in [0.25, 0.3) is 5.56 Å². The second-order valence-electron chi connectivity index (χ2n) is 5.25. The maximum atomic E-state index is 11.7. The molecule has 2 aromatic rings. The molecule has 1 aliphatic rings. The Hall–Kier alpha value is -1.95. The molecule has 0 N–H and O–H groups in total. The van der Waals surface area contributed by atoms with E-state index in [4.69, 9.17) is 4.52 Å². The average molecular weight is 274 g/mol. The summed E-state index contributed by atoms with van der Waals surface area (Å²) in [6, 6.07) is 5.50. The minimum atomic E-state index is -0.0464. The van der Waals surface area contributed by atoms with E-state index in [-0.39, 0.29) is 5.56 Å². The molecule has 1 unspecified atom stereocenters. The highest BCUT2D eigenvalue weighted by Gasteiger charge is 2.26. The van der Waals surface area contributed by atoms with E-state index in [0.717, 1.165) is 37.4 Å². The van der Waals surface area contributed by atoms with Crippen molar-refractivity contribution < 1.29 is 4.52 Å². The zero-order valence-corrected chi connectivity index (χ0v) is 11.5. The summed E-state index contributed by atoms with van der Waals surface area (Å²) in [6.07, 6.45) is 3.87. The number of aryl methyl sites for hydroxylation is 1. The third-order valence-electron chi connectivity index (χ3n) is 3.70. The summed E-state index contributed by atoms with van der Waals surface area (Å²) in [5, 5.41) is 8.04. The standard InChI is InChI=1S/C14H18N4O2/c1-11-8-13(20-16-11)10-17-7-3-4-12(17)9-18-14(19)5-2-6-15-18/h2,5-6,8,12H,3-4,7,9-10H2,1H3. The second-order valence-corrected chi connectivity index (χ2v) is 5.25. The highest BCUT2D eigenvalue weighted by Crippen LogP contribution is 2.21. The first-order valence-corrected chi connectivity index (χ1v) is 6.91. The fourth-order valence-electron chi connectivity index (χ4n) is 2.73.